The fourth-order valence-electron chi connectivity index (χ4n) is 2.68. The summed E-state index contributed by atoms with van der Waals surface area (Å²) in [5.74, 6) is 0.985. The Morgan fingerprint density at radius 3 is 2.76 bits per heavy atom. The molecule has 0 radical (unpaired) electrons. The monoisotopic (exact) mass is 411 g/mol. The highest BCUT2D eigenvalue weighted by Crippen LogP contribution is 2.27. The molecule has 0 saturated heterocycles. The number of hydrazone groups is 1. The predicted octanol–water partition coefficient (Wildman–Crippen LogP) is 4.96. The van der Waals surface area contributed by atoms with Crippen molar-refractivity contribution in [3.63, 3.8) is 0 Å². The van der Waals surface area contributed by atoms with Crippen molar-refractivity contribution in [1.29, 1.82) is 0 Å². The third kappa shape index (κ3) is 5.45. The Morgan fingerprint density at radius 1 is 1.28 bits per heavy atom. The van der Waals surface area contributed by atoms with Gasteiger partial charge in [0.05, 0.1) is 6.21 Å². The summed E-state index contributed by atoms with van der Waals surface area (Å²) in [6, 6.07) is 15.3. The molecule has 0 saturated carbocycles. The third-order valence-electron chi connectivity index (χ3n) is 4.16. The quantitative estimate of drug-likeness (QED) is 0.440. The number of nitrogens with one attached hydrogen (secondary N) is 1. The van der Waals surface area contributed by atoms with Crippen LogP contribution in [-0.4, -0.2) is 23.7 Å². The van der Waals surface area contributed by atoms with Gasteiger partial charge in [0, 0.05) is 5.56 Å². The van der Waals surface area contributed by atoms with Crippen LogP contribution in [0.4, 0.5) is 0 Å². The molecular formula is C22H22ClN3O3. The number of amides is 1. The van der Waals surface area contributed by atoms with Gasteiger partial charge >= 0.3 is 0 Å². The van der Waals surface area contributed by atoms with Crippen molar-refractivity contribution in [1.82, 2.24) is 10.4 Å². The van der Waals surface area contributed by atoms with E-state index in [-0.39, 0.29) is 17.7 Å². The van der Waals surface area contributed by atoms with E-state index in [9.17, 15) is 4.79 Å². The van der Waals surface area contributed by atoms with Gasteiger partial charge in [0.2, 0.25) is 11.1 Å². The molecule has 0 fully saturated rings. The third-order valence-corrected chi connectivity index (χ3v) is 4.43. The van der Waals surface area contributed by atoms with Crippen molar-refractivity contribution in [2.24, 2.45) is 5.10 Å². The Balaban J connectivity index is 1.58. The summed E-state index contributed by atoms with van der Waals surface area (Å²) in [7, 11) is 0. The van der Waals surface area contributed by atoms with Crippen LogP contribution in [-0.2, 0) is 4.79 Å². The zero-order valence-corrected chi connectivity index (χ0v) is 17.2. The lowest BCUT2D eigenvalue weighted by Gasteiger charge is -2.14. The summed E-state index contributed by atoms with van der Waals surface area (Å²) in [6.07, 6.45) is 1.34. The van der Waals surface area contributed by atoms with E-state index >= 15 is 0 Å². The van der Waals surface area contributed by atoms with E-state index in [1.54, 1.807) is 0 Å². The Hall–Kier alpha value is -3.12. The molecule has 3 aromatic rings. The topological polar surface area (TPSA) is 76.7 Å². The second kappa shape index (κ2) is 9.39. The van der Waals surface area contributed by atoms with E-state index in [1.165, 1.54) is 6.21 Å². The van der Waals surface area contributed by atoms with Gasteiger partial charge in [0.25, 0.3) is 5.91 Å². The lowest BCUT2D eigenvalue weighted by molar-refractivity contribution is -0.123. The van der Waals surface area contributed by atoms with Gasteiger partial charge in [-0.3, -0.25) is 4.79 Å². The van der Waals surface area contributed by atoms with Gasteiger partial charge in [-0.05, 0) is 53.8 Å². The van der Waals surface area contributed by atoms with Crippen LogP contribution in [0.1, 0.15) is 36.6 Å². The number of aryl methyl sites for hydroxylation is 1. The molecule has 0 aliphatic heterocycles. The van der Waals surface area contributed by atoms with E-state index in [0.717, 1.165) is 16.7 Å². The maximum atomic E-state index is 12.1. The summed E-state index contributed by atoms with van der Waals surface area (Å²) < 4.78 is 11.1. The SMILES string of the molecule is Cc1ccc(C(C)C)c(OCC(=O)N/N=C\c2nc(-c3ccccc3)oc2Cl)c1. The minimum absolute atomic E-state index is 0.0967. The number of hydrogen-bond donors (Lipinski definition) is 1. The largest absolute Gasteiger partial charge is 0.483 e. The molecule has 1 amide bonds. The van der Waals surface area contributed by atoms with Gasteiger partial charge in [-0.25, -0.2) is 10.4 Å². The smallest absolute Gasteiger partial charge is 0.277 e. The lowest BCUT2D eigenvalue weighted by atomic mass is 10.0. The average molecular weight is 412 g/mol. The zero-order chi connectivity index (χ0) is 20.8. The Kier molecular flexibility index (Phi) is 6.67. The second-order valence-electron chi connectivity index (χ2n) is 6.82. The molecule has 0 unspecified atom stereocenters. The number of rotatable bonds is 7. The van der Waals surface area contributed by atoms with E-state index in [4.69, 9.17) is 20.8 Å². The number of halogens is 1. The molecule has 0 bridgehead atoms. The predicted molar refractivity (Wildman–Crippen MR) is 113 cm³/mol. The Morgan fingerprint density at radius 2 is 2.03 bits per heavy atom. The Bertz CT molecular complexity index is 1010. The van der Waals surface area contributed by atoms with Gasteiger partial charge in [-0.2, -0.15) is 5.10 Å². The highest BCUT2D eigenvalue weighted by molar-refractivity contribution is 6.31. The molecule has 0 spiro atoms. The van der Waals surface area contributed by atoms with Gasteiger partial charge in [-0.1, -0.05) is 44.2 Å². The fraction of sp³-hybridized carbons (Fsp3) is 0.227. The molecule has 2 aromatic carbocycles. The first kappa shape index (κ1) is 20.6. The standard InChI is InChI=1S/C22H22ClN3O3/c1-14(2)17-10-9-15(3)11-19(17)28-13-20(27)26-24-12-18-21(23)29-22(25-18)16-7-5-4-6-8-16/h4-12,14H,13H2,1-3H3,(H,26,27)/b24-12-. The molecule has 0 atom stereocenters. The van der Waals surface area contributed by atoms with Crippen LogP contribution in [0.25, 0.3) is 11.5 Å². The summed E-state index contributed by atoms with van der Waals surface area (Å²) >= 11 is 6.06. The number of oxazole rings is 1. The first-order valence-electron chi connectivity index (χ1n) is 9.21. The van der Waals surface area contributed by atoms with Gasteiger partial charge in [0.1, 0.15) is 11.4 Å². The molecule has 0 aliphatic carbocycles. The van der Waals surface area contributed by atoms with Gasteiger partial charge < -0.3 is 9.15 Å². The first-order valence-corrected chi connectivity index (χ1v) is 9.59. The molecule has 150 valence electrons. The van der Waals surface area contributed by atoms with Crippen LogP contribution in [0.5, 0.6) is 5.75 Å². The molecule has 0 aliphatic rings. The maximum absolute atomic E-state index is 12.1. The van der Waals surface area contributed by atoms with Crippen molar-refractivity contribution in [2.45, 2.75) is 26.7 Å². The summed E-state index contributed by atoms with van der Waals surface area (Å²) in [5, 5.41) is 3.98. The average Bonchev–Trinajstić information content (AvgIpc) is 3.07. The van der Waals surface area contributed by atoms with Crippen LogP contribution in [0, 0.1) is 6.92 Å². The van der Waals surface area contributed by atoms with Crippen LogP contribution < -0.4 is 10.2 Å². The van der Waals surface area contributed by atoms with Crippen molar-refractivity contribution < 1.29 is 13.9 Å². The molecule has 7 heteroatoms. The van der Waals surface area contributed by atoms with E-state index < -0.39 is 0 Å². The maximum Gasteiger partial charge on any atom is 0.277 e. The van der Waals surface area contributed by atoms with Crippen molar-refractivity contribution in [2.75, 3.05) is 6.61 Å². The van der Waals surface area contributed by atoms with E-state index in [1.807, 2.05) is 55.5 Å². The number of hydrogen-bond acceptors (Lipinski definition) is 5. The number of ether oxygens (including phenoxy) is 1. The van der Waals surface area contributed by atoms with Gasteiger partial charge in [0.15, 0.2) is 6.61 Å². The highest BCUT2D eigenvalue weighted by atomic mass is 35.5. The molecule has 1 heterocycles. The molecule has 1 N–H and O–H groups in total. The number of nitrogens with zero attached hydrogens (tertiary/aromatic N) is 2. The summed E-state index contributed by atoms with van der Waals surface area (Å²) in [4.78, 5) is 16.3. The normalized spacial score (nSPS) is 11.2. The molecular weight excluding hydrogens is 390 g/mol. The summed E-state index contributed by atoms with van der Waals surface area (Å²) in [6.45, 7) is 5.98. The minimum atomic E-state index is -0.389. The fourth-order valence-corrected chi connectivity index (χ4v) is 2.85. The minimum Gasteiger partial charge on any atom is -0.483 e. The van der Waals surface area contributed by atoms with E-state index in [2.05, 4.69) is 29.4 Å². The first-order chi connectivity index (χ1) is 13.9. The lowest BCUT2D eigenvalue weighted by Crippen LogP contribution is -2.25. The van der Waals surface area contributed by atoms with Crippen LogP contribution in [0.3, 0.4) is 0 Å². The van der Waals surface area contributed by atoms with Crippen molar-refractivity contribution in [3.8, 4) is 17.2 Å². The molecule has 3 rings (SSSR count). The van der Waals surface area contributed by atoms with Crippen LogP contribution >= 0.6 is 11.6 Å². The van der Waals surface area contributed by atoms with Gasteiger partial charge in [-0.15, -0.1) is 0 Å². The van der Waals surface area contributed by atoms with Crippen LogP contribution in [0.15, 0.2) is 58.0 Å². The number of aromatic nitrogens is 1. The summed E-state index contributed by atoms with van der Waals surface area (Å²) in [5.41, 5.74) is 5.65. The second-order valence-corrected chi connectivity index (χ2v) is 7.17. The zero-order valence-electron chi connectivity index (χ0n) is 16.5. The van der Waals surface area contributed by atoms with Crippen molar-refractivity contribution in [3.05, 3.63) is 70.6 Å². The molecule has 6 nitrogen and oxygen atoms in total. The number of carbonyl (C=O) groups is 1. The van der Waals surface area contributed by atoms with Crippen molar-refractivity contribution >= 4 is 23.7 Å². The molecule has 1 aromatic heterocycles. The van der Waals surface area contributed by atoms with Crippen LogP contribution in [0.2, 0.25) is 5.22 Å². The molecule has 29 heavy (non-hydrogen) atoms. The highest BCUT2D eigenvalue weighted by Gasteiger charge is 2.12. The number of carbonyl (C=O) groups excluding carboxylic acids is 1. The Labute approximate surface area is 174 Å². The number of benzene rings is 2. The van der Waals surface area contributed by atoms with E-state index in [0.29, 0.717) is 23.3 Å².